The Morgan fingerprint density at radius 2 is 2.38 bits per heavy atom. The van der Waals surface area contributed by atoms with E-state index in [2.05, 4.69) is 5.32 Å². The maximum absolute atomic E-state index is 10.3. The maximum atomic E-state index is 10.3. The molecule has 13 heavy (non-hydrogen) atoms. The molecular weight excluding hydrogens is 212 g/mol. The Morgan fingerprint density at radius 1 is 1.69 bits per heavy atom. The molecule has 1 aromatic rings. The van der Waals surface area contributed by atoms with E-state index in [1.165, 1.54) is 11.3 Å². The summed E-state index contributed by atoms with van der Waals surface area (Å²) < 4.78 is 0. The van der Waals surface area contributed by atoms with Crippen molar-refractivity contribution in [1.82, 2.24) is 5.32 Å². The third-order valence-corrected chi connectivity index (χ3v) is 2.91. The third-order valence-electron chi connectivity index (χ3n) is 2.01. The lowest BCUT2D eigenvalue weighted by Gasteiger charge is -2.26. The molecule has 0 spiro atoms. The second-order valence-corrected chi connectivity index (χ2v) is 3.66. The van der Waals surface area contributed by atoms with Crippen molar-refractivity contribution in [3.8, 4) is 0 Å². The summed E-state index contributed by atoms with van der Waals surface area (Å²) in [5, 5.41) is 15.6. The lowest BCUT2D eigenvalue weighted by molar-refractivity contribution is -0.380. The van der Waals surface area contributed by atoms with Gasteiger partial charge in [-0.15, -0.1) is 12.4 Å². The Bertz CT molecular complexity index is 311. The molecule has 0 aromatic carbocycles. The molecule has 1 N–H and O–H groups in total. The first-order valence-corrected chi connectivity index (χ1v) is 4.61. The zero-order valence-electron chi connectivity index (χ0n) is 6.73. The van der Waals surface area contributed by atoms with Crippen LogP contribution in [0.4, 0.5) is 5.00 Å². The van der Waals surface area contributed by atoms with E-state index in [4.69, 9.17) is 0 Å². The highest BCUT2D eigenvalue weighted by Gasteiger charge is 2.21. The third kappa shape index (κ3) is 1.99. The van der Waals surface area contributed by atoms with Gasteiger partial charge in [-0.3, -0.25) is 10.1 Å². The molecule has 1 aliphatic heterocycles. The minimum atomic E-state index is -0.340. The van der Waals surface area contributed by atoms with Crippen molar-refractivity contribution >= 4 is 28.7 Å². The van der Waals surface area contributed by atoms with E-state index in [1.807, 2.05) is 5.38 Å². The molecule has 6 heteroatoms. The van der Waals surface area contributed by atoms with E-state index >= 15 is 0 Å². The van der Waals surface area contributed by atoms with Crippen LogP contribution in [0.1, 0.15) is 18.0 Å². The molecule has 4 nitrogen and oxygen atoms in total. The highest BCUT2D eigenvalue weighted by Crippen LogP contribution is 2.30. The SMILES string of the molecule is Cl.O=[N+]([O-])c1cc([C@H]2CCN2)cs1. The number of nitrogens with one attached hydrogen (secondary N) is 1. The molecule has 72 valence electrons. The number of nitrogens with zero attached hydrogens (tertiary/aromatic N) is 1. The van der Waals surface area contributed by atoms with E-state index in [-0.39, 0.29) is 22.3 Å². The van der Waals surface area contributed by atoms with Gasteiger partial charge in [-0.1, -0.05) is 11.3 Å². The van der Waals surface area contributed by atoms with Crippen molar-refractivity contribution in [3.05, 3.63) is 27.1 Å². The summed E-state index contributed by atoms with van der Waals surface area (Å²) in [6, 6.07) is 2.01. The molecule has 0 amide bonds. The monoisotopic (exact) mass is 220 g/mol. The average molecular weight is 221 g/mol. The van der Waals surface area contributed by atoms with Gasteiger partial charge in [-0.25, -0.2) is 0 Å². The van der Waals surface area contributed by atoms with Crippen molar-refractivity contribution < 1.29 is 4.92 Å². The summed E-state index contributed by atoms with van der Waals surface area (Å²) in [4.78, 5) is 10.00. The zero-order valence-corrected chi connectivity index (χ0v) is 8.36. The summed E-state index contributed by atoms with van der Waals surface area (Å²) >= 11 is 1.20. The second-order valence-electron chi connectivity index (χ2n) is 2.77. The van der Waals surface area contributed by atoms with Crippen LogP contribution in [0, 0.1) is 10.1 Å². The summed E-state index contributed by atoms with van der Waals surface area (Å²) in [6.45, 7) is 1.02. The fourth-order valence-corrected chi connectivity index (χ4v) is 1.97. The molecule has 0 unspecified atom stereocenters. The van der Waals surface area contributed by atoms with Gasteiger partial charge >= 0.3 is 5.00 Å². The number of rotatable bonds is 2. The Balaban J connectivity index is 0.000000845. The molecule has 1 saturated heterocycles. The van der Waals surface area contributed by atoms with Gasteiger partial charge in [0.2, 0.25) is 0 Å². The first-order valence-electron chi connectivity index (χ1n) is 3.73. The van der Waals surface area contributed by atoms with Crippen molar-refractivity contribution in [1.29, 1.82) is 0 Å². The van der Waals surface area contributed by atoms with Crippen molar-refractivity contribution in [2.24, 2.45) is 0 Å². The lowest BCUT2D eigenvalue weighted by Crippen LogP contribution is -2.34. The van der Waals surface area contributed by atoms with Crippen LogP contribution in [0.2, 0.25) is 0 Å². The van der Waals surface area contributed by atoms with Gasteiger partial charge < -0.3 is 5.32 Å². The van der Waals surface area contributed by atoms with Crippen molar-refractivity contribution in [2.75, 3.05) is 6.54 Å². The number of halogens is 1. The molecular formula is C7H9ClN2O2S. The molecule has 1 fully saturated rings. The van der Waals surface area contributed by atoms with Gasteiger partial charge in [0, 0.05) is 17.5 Å². The summed E-state index contributed by atoms with van der Waals surface area (Å²) in [7, 11) is 0. The van der Waals surface area contributed by atoms with Crippen molar-refractivity contribution in [3.63, 3.8) is 0 Å². The normalized spacial score (nSPS) is 20.2. The molecule has 0 saturated carbocycles. The number of thiophene rings is 1. The van der Waals surface area contributed by atoms with E-state index in [9.17, 15) is 10.1 Å². The Hall–Kier alpha value is -0.650. The molecule has 1 atom stereocenters. The van der Waals surface area contributed by atoms with Crippen LogP contribution in [0.5, 0.6) is 0 Å². The largest absolute Gasteiger partial charge is 0.324 e. The predicted molar refractivity (Wildman–Crippen MR) is 53.6 cm³/mol. The Kier molecular flexibility index (Phi) is 3.24. The number of hydrogen-bond acceptors (Lipinski definition) is 4. The zero-order chi connectivity index (χ0) is 8.55. The highest BCUT2D eigenvalue weighted by molar-refractivity contribution is 7.13. The Labute approximate surface area is 85.5 Å². The quantitative estimate of drug-likeness (QED) is 0.614. The van der Waals surface area contributed by atoms with Crippen LogP contribution in [0.15, 0.2) is 11.4 Å². The number of nitro groups is 1. The van der Waals surface area contributed by atoms with E-state index < -0.39 is 0 Å². The average Bonchev–Trinajstić information content (AvgIpc) is 2.32. The standard InChI is InChI=1S/C7H8N2O2S.ClH/c10-9(11)7-3-5(4-12-7)6-1-2-8-6;/h3-4,6,8H,1-2H2;1H/t6-;/m1./s1. The van der Waals surface area contributed by atoms with Gasteiger partial charge in [0.05, 0.1) is 4.92 Å². The molecule has 0 bridgehead atoms. The molecule has 1 aromatic heterocycles. The van der Waals surface area contributed by atoms with Gasteiger partial charge in [-0.2, -0.15) is 0 Å². The molecule has 1 aliphatic rings. The molecule has 2 heterocycles. The van der Waals surface area contributed by atoms with Crippen LogP contribution >= 0.6 is 23.7 Å². The van der Waals surface area contributed by atoms with Crippen LogP contribution in [-0.4, -0.2) is 11.5 Å². The van der Waals surface area contributed by atoms with Gasteiger partial charge in [-0.05, 0) is 18.5 Å². The summed E-state index contributed by atoms with van der Waals surface area (Å²) in [5.74, 6) is 0. The van der Waals surface area contributed by atoms with Gasteiger partial charge in [0.15, 0.2) is 0 Å². The second kappa shape index (κ2) is 4.04. The van der Waals surface area contributed by atoms with Gasteiger partial charge in [0.25, 0.3) is 0 Å². The summed E-state index contributed by atoms with van der Waals surface area (Å²) in [6.07, 6.45) is 1.09. The fraction of sp³-hybridized carbons (Fsp3) is 0.429. The smallest absolute Gasteiger partial charge is 0.310 e. The van der Waals surface area contributed by atoms with E-state index in [1.54, 1.807) is 6.07 Å². The first kappa shape index (κ1) is 10.4. The van der Waals surface area contributed by atoms with Crippen molar-refractivity contribution in [2.45, 2.75) is 12.5 Å². The number of hydrogen-bond donors (Lipinski definition) is 1. The molecule has 2 rings (SSSR count). The lowest BCUT2D eigenvalue weighted by atomic mass is 10.0. The van der Waals surface area contributed by atoms with E-state index in [0.29, 0.717) is 6.04 Å². The van der Waals surface area contributed by atoms with Gasteiger partial charge in [0.1, 0.15) is 0 Å². The van der Waals surface area contributed by atoms with Crippen LogP contribution in [-0.2, 0) is 0 Å². The first-order chi connectivity index (χ1) is 5.77. The van der Waals surface area contributed by atoms with Crippen LogP contribution in [0.3, 0.4) is 0 Å². The molecule has 0 aliphatic carbocycles. The predicted octanol–water partition coefficient (Wildman–Crippen LogP) is 2.11. The summed E-state index contributed by atoms with van der Waals surface area (Å²) in [5.41, 5.74) is 1.05. The highest BCUT2D eigenvalue weighted by atomic mass is 35.5. The van der Waals surface area contributed by atoms with Crippen LogP contribution < -0.4 is 5.32 Å². The Morgan fingerprint density at radius 3 is 2.77 bits per heavy atom. The van der Waals surface area contributed by atoms with Crippen LogP contribution in [0.25, 0.3) is 0 Å². The minimum absolute atomic E-state index is 0. The molecule has 0 radical (unpaired) electrons. The minimum Gasteiger partial charge on any atom is -0.310 e. The fourth-order valence-electron chi connectivity index (χ4n) is 1.19. The van der Waals surface area contributed by atoms with E-state index in [0.717, 1.165) is 18.5 Å². The topological polar surface area (TPSA) is 55.2 Å². The maximum Gasteiger partial charge on any atom is 0.324 e.